The standard InChI is InChI=1S/C22H22N2O4/c1-27-17-9-10-18-16(12-17)8-5-11-22(18,26)14-23-21(25)19-13-20(28-24-19)15-6-3-2-4-7-15/h2-4,6-7,9-10,12-13,26H,5,8,11,14H2,1H3,(H,23,25). The highest BCUT2D eigenvalue weighted by Gasteiger charge is 2.35. The van der Waals surface area contributed by atoms with E-state index >= 15 is 0 Å². The van der Waals surface area contributed by atoms with Gasteiger partial charge in [0.25, 0.3) is 5.91 Å². The van der Waals surface area contributed by atoms with Crippen LogP contribution in [0, 0.1) is 0 Å². The Hall–Kier alpha value is -3.12. The Labute approximate surface area is 163 Å². The Morgan fingerprint density at radius 2 is 2.07 bits per heavy atom. The topological polar surface area (TPSA) is 84.6 Å². The van der Waals surface area contributed by atoms with Crippen LogP contribution in [0.5, 0.6) is 5.75 Å². The van der Waals surface area contributed by atoms with Crippen LogP contribution in [-0.2, 0) is 12.0 Å². The van der Waals surface area contributed by atoms with Crippen molar-refractivity contribution in [1.29, 1.82) is 0 Å². The van der Waals surface area contributed by atoms with E-state index in [1.54, 1.807) is 13.2 Å². The Balaban J connectivity index is 1.48. The van der Waals surface area contributed by atoms with E-state index in [0.717, 1.165) is 35.3 Å². The summed E-state index contributed by atoms with van der Waals surface area (Å²) >= 11 is 0. The van der Waals surface area contributed by atoms with Crippen LogP contribution in [0.25, 0.3) is 11.3 Å². The Morgan fingerprint density at radius 3 is 2.86 bits per heavy atom. The molecule has 28 heavy (non-hydrogen) atoms. The molecular formula is C22H22N2O4. The maximum Gasteiger partial charge on any atom is 0.273 e. The third kappa shape index (κ3) is 3.51. The van der Waals surface area contributed by atoms with Gasteiger partial charge in [-0.2, -0.15) is 0 Å². The number of aromatic nitrogens is 1. The number of hydrogen-bond acceptors (Lipinski definition) is 5. The molecule has 2 N–H and O–H groups in total. The zero-order valence-corrected chi connectivity index (χ0v) is 15.6. The lowest BCUT2D eigenvalue weighted by Crippen LogP contribution is -2.43. The molecular weight excluding hydrogens is 356 g/mol. The quantitative estimate of drug-likeness (QED) is 0.712. The summed E-state index contributed by atoms with van der Waals surface area (Å²) < 4.78 is 10.6. The first-order valence-electron chi connectivity index (χ1n) is 9.29. The fourth-order valence-electron chi connectivity index (χ4n) is 3.69. The second-order valence-corrected chi connectivity index (χ2v) is 7.03. The minimum absolute atomic E-state index is 0.110. The van der Waals surface area contributed by atoms with Crippen molar-refractivity contribution in [3.8, 4) is 17.1 Å². The minimum atomic E-state index is -1.11. The first kappa shape index (κ1) is 18.3. The molecule has 6 heteroatoms. The van der Waals surface area contributed by atoms with E-state index in [2.05, 4.69) is 10.5 Å². The summed E-state index contributed by atoms with van der Waals surface area (Å²) in [6.07, 6.45) is 2.31. The number of rotatable bonds is 5. The van der Waals surface area contributed by atoms with Crippen molar-refractivity contribution in [2.75, 3.05) is 13.7 Å². The number of ether oxygens (including phenoxy) is 1. The molecule has 0 spiro atoms. The number of methoxy groups -OCH3 is 1. The molecule has 0 saturated carbocycles. The van der Waals surface area contributed by atoms with Gasteiger partial charge in [0.05, 0.1) is 13.7 Å². The average molecular weight is 378 g/mol. The van der Waals surface area contributed by atoms with Gasteiger partial charge in [-0.25, -0.2) is 0 Å². The molecule has 1 atom stereocenters. The number of aryl methyl sites for hydroxylation is 1. The minimum Gasteiger partial charge on any atom is -0.497 e. The van der Waals surface area contributed by atoms with Crippen molar-refractivity contribution >= 4 is 5.91 Å². The Kier molecular flexibility index (Phi) is 4.88. The molecule has 0 bridgehead atoms. The zero-order chi connectivity index (χ0) is 19.6. The lowest BCUT2D eigenvalue weighted by atomic mass is 9.79. The van der Waals surface area contributed by atoms with E-state index < -0.39 is 5.60 Å². The molecule has 4 rings (SSSR count). The van der Waals surface area contributed by atoms with E-state index in [4.69, 9.17) is 9.26 Å². The molecule has 2 aromatic carbocycles. The fraction of sp³-hybridized carbons (Fsp3) is 0.273. The van der Waals surface area contributed by atoms with Crippen LogP contribution in [0.1, 0.15) is 34.5 Å². The molecule has 6 nitrogen and oxygen atoms in total. The van der Waals surface area contributed by atoms with Gasteiger partial charge in [0.2, 0.25) is 0 Å². The van der Waals surface area contributed by atoms with Crippen molar-refractivity contribution in [3.63, 3.8) is 0 Å². The van der Waals surface area contributed by atoms with Gasteiger partial charge in [-0.3, -0.25) is 4.79 Å². The average Bonchev–Trinajstić information content (AvgIpc) is 3.23. The number of nitrogens with one attached hydrogen (secondary N) is 1. The molecule has 1 heterocycles. The van der Waals surface area contributed by atoms with Crippen LogP contribution in [0.3, 0.4) is 0 Å². The van der Waals surface area contributed by atoms with Gasteiger partial charge >= 0.3 is 0 Å². The Morgan fingerprint density at radius 1 is 1.25 bits per heavy atom. The van der Waals surface area contributed by atoms with Gasteiger partial charge in [-0.05, 0) is 42.5 Å². The van der Waals surface area contributed by atoms with Gasteiger partial charge in [-0.15, -0.1) is 0 Å². The van der Waals surface area contributed by atoms with Crippen LogP contribution in [0.4, 0.5) is 0 Å². The molecule has 144 valence electrons. The number of carbonyl (C=O) groups excluding carboxylic acids is 1. The van der Waals surface area contributed by atoms with Crippen molar-refractivity contribution < 1.29 is 19.2 Å². The van der Waals surface area contributed by atoms with E-state index in [9.17, 15) is 9.90 Å². The fourth-order valence-corrected chi connectivity index (χ4v) is 3.69. The number of carbonyl (C=O) groups is 1. The van der Waals surface area contributed by atoms with Gasteiger partial charge in [0.15, 0.2) is 11.5 Å². The smallest absolute Gasteiger partial charge is 0.273 e. The van der Waals surface area contributed by atoms with E-state index in [1.807, 2.05) is 48.5 Å². The van der Waals surface area contributed by atoms with Gasteiger partial charge < -0.3 is 19.7 Å². The number of hydrogen-bond donors (Lipinski definition) is 2. The van der Waals surface area contributed by atoms with Crippen LogP contribution >= 0.6 is 0 Å². The molecule has 1 aliphatic rings. The number of aliphatic hydroxyl groups is 1. The second-order valence-electron chi connectivity index (χ2n) is 7.03. The zero-order valence-electron chi connectivity index (χ0n) is 15.6. The normalized spacial score (nSPS) is 18.4. The van der Waals surface area contributed by atoms with Crippen molar-refractivity contribution in [2.45, 2.75) is 24.9 Å². The van der Waals surface area contributed by atoms with Crippen LogP contribution < -0.4 is 10.1 Å². The highest BCUT2D eigenvalue weighted by atomic mass is 16.5. The van der Waals surface area contributed by atoms with Crippen molar-refractivity contribution in [2.24, 2.45) is 0 Å². The lowest BCUT2D eigenvalue weighted by Gasteiger charge is -2.34. The van der Waals surface area contributed by atoms with Gasteiger partial charge in [-0.1, -0.05) is 41.6 Å². The highest BCUT2D eigenvalue weighted by molar-refractivity contribution is 5.93. The Bertz CT molecular complexity index is 983. The third-order valence-corrected chi connectivity index (χ3v) is 5.19. The van der Waals surface area contributed by atoms with E-state index in [1.165, 1.54) is 0 Å². The molecule has 1 aliphatic carbocycles. The van der Waals surface area contributed by atoms with Gasteiger partial charge in [0, 0.05) is 11.6 Å². The number of nitrogens with zero attached hydrogens (tertiary/aromatic N) is 1. The predicted octanol–water partition coefficient (Wildman–Crippen LogP) is 3.30. The molecule has 0 radical (unpaired) electrons. The number of fused-ring (bicyclic) bond motifs is 1. The highest BCUT2D eigenvalue weighted by Crippen LogP contribution is 2.36. The van der Waals surface area contributed by atoms with Crippen LogP contribution in [0.2, 0.25) is 0 Å². The SMILES string of the molecule is COc1ccc2c(c1)CCCC2(O)CNC(=O)c1cc(-c2ccccc2)on1. The van der Waals surface area contributed by atoms with Crippen molar-refractivity contribution in [1.82, 2.24) is 10.5 Å². The first-order valence-corrected chi connectivity index (χ1v) is 9.29. The van der Waals surface area contributed by atoms with Crippen LogP contribution in [-0.4, -0.2) is 29.8 Å². The summed E-state index contributed by atoms with van der Waals surface area (Å²) in [6, 6.07) is 16.7. The predicted molar refractivity (Wildman–Crippen MR) is 104 cm³/mol. The molecule has 1 aromatic heterocycles. The van der Waals surface area contributed by atoms with E-state index in [0.29, 0.717) is 12.2 Å². The molecule has 0 fully saturated rings. The summed E-state index contributed by atoms with van der Waals surface area (Å²) in [5.74, 6) is 0.919. The van der Waals surface area contributed by atoms with Crippen molar-refractivity contribution in [3.05, 3.63) is 71.4 Å². The molecule has 0 saturated heterocycles. The summed E-state index contributed by atoms with van der Waals surface area (Å²) in [5.41, 5.74) is 1.82. The lowest BCUT2D eigenvalue weighted by molar-refractivity contribution is 0.0188. The molecule has 1 unspecified atom stereocenters. The van der Waals surface area contributed by atoms with E-state index in [-0.39, 0.29) is 18.1 Å². The summed E-state index contributed by atoms with van der Waals surface area (Å²) in [6.45, 7) is 0.110. The second kappa shape index (κ2) is 7.48. The monoisotopic (exact) mass is 378 g/mol. The summed E-state index contributed by atoms with van der Waals surface area (Å²) in [5, 5.41) is 17.8. The maximum atomic E-state index is 12.5. The molecule has 3 aromatic rings. The first-order chi connectivity index (χ1) is 13.6. The molecule has 1 amide bonds. The summed E-state index contributed by atoms with van der Waals surface area (Å²) in [7, 11) is 1.62. The van der Waals surface area contributed by atoms with Gasteiger partial charge in [0.1, 0.15) is 11.4 Å². The largest absolute Gasteiger partial charge is 0.497 e. The maximum absolute atomic E-state index is 12.5. The van der Waals surface area contributed by atoms with Crippen LogP contribution in [0.15, 0.2) is 59.1 Å². The number of benzene rings is 2. The number of amides is 1. The molecule has 0 aliphatic heterocycles. The third-order valence-electron chi connectivity index (χ3n) is 5.19. The summed E-state index contributed by atoms with van der Waals surface area (Å²) in [4.78, 5) is 12.5.